The predicted molar refractivity (Wildman–Crippen MR) is 78.5 cm³/mol. The summed E-state index contributed by atoms with van der Waals surface area (Å²) in [7, 11) is 3.30. The van der Waals surface area contributed by atoms with Crippen LogP contribution in [-0.2, 0) is 14.3 Å². The fourth-order valence-electron chi connectivity index (χ4n) is 3.72. The van der Waals surface area contributed by atoms with E-state index in [1.54, 1.807) is 0 Å². The zero-order valence-electron chi connectivity index (χ0n) is 13.3. The first-order valence-electron chi connectivity index (χ1n) is 7.93. The molecule has 1 N–H and O–H groups in total. The van der Waals surface area contributed by atoms with Crippen LogP contribution in [0.25, 0.3) is 0 Å². The summed E-state index contributed by atoms with van der Waals surface area (Å²) in [6, 6.07) is 0. The van der Waals surface area contributed by atoms with Crippen LogP contribution >= 0.6 is 0 Å². The van der Waals surface area contributed by atoms with Crippen molar-refractivity contribution in [3.63, 3.8) is 0 Å². The lowest BCUT2D eigenvalue weighted by atomic mass is 9.80. The molecule has 0 aliphatic heterocycles. The van der Waals surface area contributed by atoms with E-state index in [1.165, 1.54) is 13.5 Å². The highest BCUT2D eigenvalue weighted by atomic mass is 16.5. The summed E-state index contributed by atoms with van der Waals surface area (Å²) >= 11 is 0. The van der Waals surface area contributed by atoms with E-state index in [1.807, 2.05) is 7.05 Å². The maximum atomic E-state index is 12.0. The van der Waals surface area contributed by atoms with E-state index in [0.29, 0.717) is 6.10 Å². The number of ether oxygens (including phenoxy) is 2. The van der Waals surface area contributed by atoms with Crippen LogP contribution in [0.1, 0.15) is 52.4 Å². The quantitative estimate of drug-likeness (QED) is 0.805. The van der Waals surface area contributed by atoms with Crippen molar-refractivity contribution in [2.24, 2.45) is 11.8 Å². The molecule has 0 amide bonds. The Bertz CT molecular complexity index is 347. The Labute approximate surface area is 122 Å². The van der Waals surface area contributed by atoms with E-state index in [0.717, 1.165) is 43.9 Å². The minimum absolute atomic E-state index is 0.156. The van der Waals surface area contributed by atoms with Crippen molar-refractivity contribution in [3.05, 3.63) is 0 Å². The zero-order valence-corrected chi connectivity index (χ0v) is 13.3. The first kappa shape index (κ1) is 15.8. The Balaban J connectivity index is 1.88. The molecule has 0 bridgehead atoms. The number of nitrogens with one attached hydrogen (secondary N) is 1. The van der Waals surface area contributed by atoms with Gasteiger partial charge in [-0.15, -0.1) is 0 Å². The van der Waals surface area contributed by atoms with Gasteiger partial charge in [0.25, 0.3) is 0 Å². The van der Waals surface area contributed by atoms with E-state index in [-0.39, 0.29) is 12.1 Å². The molecule has 20 heavy (non-hydrogen) atoms. The third-order valence-electron chi connectivity index (χ3n) is 5.46. The fourth-order valence-corrected chi connectivity index (χ4v) is 3.72. The summed E-state index contributed by atoms with van der Waals surface area (Å²) in [6.45, 7) is 4.65. The second-order valence-electron chi connectivity index (χ2n) is 6.71. The van der Waals surface area contributed by atoms with Crippen molar-refractivity contribution in [3.8, 4) is 0 Å². The van der Waals surface area contributed by atoms with Crippen molar-refractivity contribution < 1.29 is 14.3 Å². The second kappa shape index (κ2) is 6.44. The van der Waals surface area contributed by atoms with Crippen LogP contribution in [0, 0.1) is 11.8 Å². The highest BCUT2D eigenvalue weighted by Crippen LogP contribution is 2.37. The van der Waals surface area contributed by atoms with Crippen molar-refractivity contribution in [1.82, 2.24) is 5.32 Å². The zero-order chi connectivity index (χ0) is 14.8. The van der Waals surface area contributed by atoms with Gasteiger partial charge in [0.1, 0.15) is 5.54 Å². The average molecular weight is 283 g/mol. The van der Waals surface area contributed by atoms with Crippen molar-refractivity contribution in [1.29, 1.82) is 0 Å². The Morgan fingerprint density at radius 1 is 1.15 bits per heavy atom. The number of carbonyl (C=O) groups is 1. The van der Waals surface area contributed by atoms with E-state index in [4.69, 9.17) is 9.47 Å². The van der Waals surface area contributed by atoms with Gasteiger partial charge in [0.15, 0.2) is 0 Å². The fraction of sp³-hybridized carbons (Fsp3) is 0.938. The molecule has 116 valence electrons. The third kappa shape index (κ3) is 3.17. The largest absolute Gasteiger partial charge is 0.468 e. The molecule has 4 nitrogen and oxygen atoms in total. The van der Waals surface area contributed by atoms with Crippen LogP contribution in [0.4, 0.5) is 0 Å². The minimum Gasteiger partial charge on any atom is -0.468 e. The molecule has 5 atom stereocenters. The summed E-state index contributed by atoms with van der Waals surface area (Å²) < 4.78 is 11.2. The van der Waals surface area contributed by atoms with Gasteiger partial charge in [0, 0.05) is 6.42 Å². The van der Waals surface area contributed by atoms with Gasteiger partial charge in [0.2, 0.25) is 0 Å². The Hall–Kier alpha value is -0.610. The second-order valence-corrected chi connectivity index (χ2v) is 6.71. The Morgan fingerprint density at radius 3 is 2.50 bits per heavy atom. The van der Waals surface area contributed by atoms with Crippen molar-refractivity contribution in [2.45, 2.75) is 70.1 Å². The van der Waals surface area contributed by atoms with Crippen molar-refractivity contribution in [2.75, 3.05) is 14.2 Å². The molecule has 0 aromatic heterocycles. The van der Waals surface area contributed by atoms with Gasteiger partial charge in [-0.2, -0.15) is 0 Å². The molecule has 2 aliphatic carbocycles. The Kier molecular flexibility index (Phi) is 5.08. The average Bonchev–Trinajstić information content (AvgIpc) is 2.86. The van der Waals surface area contributed by atoms with E-state index in [9.17, 15) is 4.79 Å². The van der Waals surface area contributed by atoms with Gasteiger partial charge in [-0.1, -0.05) is 13.8 Å². The molecular formula is C16H29NO3. The predicted octanol–water partition coefficient (Wildman–Crippen LogP) is 2.51. The summed E-state index contributed by atoms with van der Waals surface area (Å²) in [5, 5.41) is 3.16. The van der Waals surface area contributed by atoms with E-state index in [2.05, 4.69) is 19.2 Å². The molecule has 0 aromatic carbocycles. The molecule has 0 aromatic rings. The number of hydrogen-bond donors (Lipinski definition) is 1. The smallest absolute Gasteiger partial charge is 0.326 e. The molecular weight excluding hydrogens is 254 g/mol. The molecule has 2 saturated carbocycles. The maximum Gasteiger partial charge on any atom is 0.326 e. The molecule has 0 spiro atoms. The van der Waals surface area contributed by atoms with E-state index >= 15 is 0 Å². The summed E-state index contributed by atoms with van der Waals surface area (Å²) in [5.74, 6) is 1.39. The van der Waals surface area contributed by atoms with Crippen LogP contribution in [0.5, 0.6) is 0 Å². The van der Waals surface area contributed by atoms with Crippen LogP contribution in [-0.4, -0.2) is 37.9 Å². The lowest BCUT2D eigenvalue weighted by Crippen LogP contribution is -2.49. The molecule has 2 fully saturated rings. The molecule has 5 unspecified atom stereocenters. The molecule has 0 radical (unpaired) electrons. The SMILES string of the molecule is CNC1(C(=O)OC)CCC(OC2CCC(C)C(C)C2)C1. The Morgan fingerprint density at radius 2 is 1.90 bits per heavy atom. The maximum absolute atomic E-state index is 12.0. The van der Waals surface area contributed by atoms with Crippen LogP contribution in [0.15, 0.2) is 0 Å². The standard InChI is InChI=1S/C16H29NO3/c1-11-5-6-13(9-12(11)2)20-14-7-8-16(10-14,17-3)15(18)19-4/h11-14,17H,5-10H2,1-4H3. The molecule has 2 rings (SSSR count). The first-order valence-corrected chi connectivity index (χ1v) is 7.93. The molecule has 4 heteroatoms. The number of esters is 1. The summed E-state index contributed by atoms with van der Waals surface area (Å²) in [6.07, 6.45) is 6.61. The van der Waals surface area contributed by atoms with Crippen LogP contribution in [0.2, 0.25) is 0 Å². The van der Waals surface area contributed by atoms with Gasteiger partial charge >= 0.3 is 5.97 Å². The monoisotopic (exact) mass is 283 g/mol. The minimum atomic E-state index is -0.535. The van der Waals surface area contributed by atoms with Gasteiger partial charge in [0.05, 0.1) is 19.3 Å². The summed E-state index contributed by atoms with van der Waals surface area (Å²) in [5.41, 5.74) is -0.535. The first-order chi connectivity index (χ1) is 9.50. The van der Waals surface area contributed by atoms with Gasteiger partial charge < -0.3 is 14.8 Å². The van der Waals surface area contributed by atoms with Crippen molar-refractivity contribution >= 4 is 5.97 Å². The number of likely N-dealkylation sites (N-methyl/N-ethyl adjacent to an activating group) is 1. The van der Waals surface area contributed by atoms with Gasteiger partial charge in [-0.25, -0.2) is 0 Å². The number of carbonyl (C=O) groups excluding carboxylic acids is 1. The molecule has 0 heterocycles. The van der Waals surface area contributed by atoms with Gasteiger partial charge in [-0.05, 0) is 51.0 Å². The van der Waals surface area contributed by atoms with Crippen LogP contribution in [0.3, 0.4) is 0 Å². The highest BCUT2D eigenvalue weighted by molar-refractivity contribution is 5.81. The molecule has 0 saturated heterocycles. The topological polar surface area (TPSA) is 47.6 Å². The van der Waals surface area contributed by atoms with Gasteiger partial charge in [-0.3, -0.25) is 4.79 Å². The lowest BCUT2D eigenvalue weighted by Gasteiger charge is -2.34. The number of rotatable bonds is 4. The normalized spacial score (nSPS) is 41.6. The summed E-state index contributed by atoms with van der Waals surface area (Å²) in [4.78, 5) is 12.0. The number of methoxy groups -OCH3 is 1. The van der Waals surface area contributed by atoms with Crippen LogP contribution < -0.4 is 5.32 Å². The highest BCUT2D eigenvalue weighted by Gasteiger charge is 2.46. The third-order valence-corrected chi connectivity index (χ3v) is 5.46. The number of hydrogen-bond acceptors (Lipinski definition) is 4. The lowest BCUT2D eigenvalue weighted by molar-refractivity contribution is -0.149. The molecule has 2 aliphatic rings. The van der Waals surface area contributed by atoms with E-state index < -0.39 is 5.54 Å².